The summed E-state index contributed by atoms with van der Waals surface area (Å²) in [6.45, 7) is 9.94. The average molecular weight is 356 g/mol. The fourth-order valence-electron chi connectivity index (χ4n) is 2.55. The van der Waals surface area contributed by atoms with Gasteiger partial charge in [0.25, 0.3) is 0 Å². The number of likely N-dealkylation sites (tertiary alicyclic amines) is 1. The van der Waals surface area contributed by atoms with Crippen LogP contribution in [-0.2, 0) is 10.2 Å². The highest BCUT2D eigenvalue weighted by Gasteiger charge is 2.18. The first-order valence-corrected chi connectivity index (χ1v) is 10.5. The van der Waals surface area contributed by atoms with Crippen LogP contribution in [0.25, 0.3) is 0 Å². The summed E-state index contributed by atoms with van der Waals surface area (Å²) >= 11 is 3.22. The van der Waals surface area contributed by atoms with Gasteiger partial charge in [0.2, 0.25) is 5.91 Å². The van der Waals surface area contributed by atoms with E-state index in [0.717, 1.165) is 18.0 Å². The van der Waals surface area contributed by atoms with Crippen LogP contribution in [0.1, 0.15) is 52.1 Å². The van der Waals surface area contributed by atoms with Gasteiger partial charge in [0.1, 0.15) is 0 Å². The van der Waals surface area contributed by atoms with Crippen LogP contribution in [0, 0.1) is 0 Å². The van der Waals surface area contributed by atoms with E-state index in [-0.39, 0.29) is 11.3 Å². The molecule has 0 aromatic carbocycles. The summed E-state index contributed by atoms with van der Waals surface area (Å²) < 4.78 is 0. The van der Waals surface area contributed by atoms with Crippen molar-refractivity contribution in [2.24, 2.45) is 0 Å². The smallest absolute Gasteiger partial charge is 0.236 e. The molecule has 2 rings (SSSR count). The predicted molar refractivity (Wildman–Crippen MR) is 102 cm³/mol. The molecule has 0 spiro atoms. The lowest BCUT2D eigenvalue weighted by molar-refractivity contribution is -0.113. The van der Waals surface area contributed by atoms with Crippen molar-refractivity contribution in [1.29, 1.82) is 0 Å². The second-order valence-electron chi connectivity index (χ2n) is 7.14. The van der Waals surface area contributed by atoms with Crippen molar-refractivity contribution in [2.75, 3.05) is 36.5 Å². The summed E-state index contributed by atoms with van der Waals surface area (Å²) in [7, 11) is 0. The monoisotopic (exact) mass is 355 g/mol. The minimum absolute atomic E-state index is 0.0292. The van der Waals surface area contributed by atoms with E-state index in [9.17, 15) is 4.79 Å². The Morgan fingerprint density at radius 2 is 2.00 bits per heavy atom. The van der Waals surface area contributed by atoms with Crippen LogP contribution in [0.15, 0.2) is 5.38 Å². The lowest BCUT2D eigenvalue weighted by atomic mass is 9.93. The van der Waals surface area contributed by atoms with Gasteiger partial charge in [0.05, 0.1) is 11.4 Å². The number of amides is 1. The average Bonchev–Trinajstić information content (AvgIpc) is 2.80. The van der Waals surface area contributed by atoms with Gasteiger partial charge in [0, 0.05) is 23.1 Å². The van der Waals surface area contributed by atoms with Gasteiger partial charge in [-0.25, -0.2) is 4.98 Å². The zero-order valence-corrected chi connectivity index (χ0v) is 16.2. The second kappa shape index (κ2) is 9.04. The first kappa shape index (κ1) is 18.7. The van der Waals surface area contributed by atoms with Crippen LogP contribution in [0.5, 0.6) is 0 Å². The van der Waals surface area contributed by atoms with Crippen LogP contribution >= 0.6 is 23.1 Å². The van der Waals surface area contributed by atoms with E-state index >= 15 is 0 Å². The number of nitrogens with one attached hydrogen (secondary N) is 1. The number of hydrogen-bond acceptors (Lipinski definition) is 5. The molecule has 4 nitrogen and oxygen atoms in total. The molecule has 1 aliphatic rings. The van der Waals surface area contributed by atoms with Crippen molar-refractivity contribution in [3.8, 4) is 0 Å². The number of rotatable bonds is 6. The molecule has 0 aliphatic carbocycles. The summed E-state index contributed by atoms with van der Waals surface area (Å²) in [4.78, 5) is 19.0. The normalized spacial score (nSPS) is 17.0. The molecule has 0 atom stereocenters. The first-order valence-electron chi connectivity index (χ1n) is 8.51. The first-order chi connectivity index (χ1) is 10.9. The third kappa shape index (κ3) is 6.81. The number of thioether (sulfide) groups is 1. The van der Waals surface area contributed by atoms with Crippen molar-refractivity contribution in [3.63, 3.8) is 0 Å². The molecule has 23 heavy (non-hydrogen) atoms. The zero-order chi connectivity index (χ0) is 16.7. The van der Waals surface area contributed by atoms with Crippen molar-refractivity contribution in [2.45, 2.75) is 51.9 Å². The second-order valence-corrected chi connectivity index (χ2v) is 9.11. The van der Waals surface area contributed by atoms with Gasteiger partial charge in [-0.15, -0.1) is 11.3 Å². The maximum absolute atomic E-state index is 12.0. The molecule has 1 aromatic rings. The standard InChI is InChI=1S/C17H29N3OS2/c1-17(2,3)14-12-23-16(18-14)19-15(21)13-22-11-10-20-8-6-4-5-7-9-20/h12H,4-11,13H2,1-3H3,(H,18,19,21). The molecule has 1 saturated heterocycles. The van der Waals surface area contributed by atoms with Gasteiger partial charge < -0.3 is 10.2 Å². The van der Waals surface area contributed by atoms with Gasteiger partial charge >= 0.3 is 0 Å². The Hall–Kier alpha value is -0.590. The van der Waals surface area contributed by atoms with Gasteiger partial charge in [-0.2, -0.15) is 11.8 Å². The van der Waals surface area contributed by atoms with Crippen molar-refractivity contribution in [3.05, 3.63) is 11.1 Å². The zero-order valence-electron chi connectivity index (χ0n) is 14.6. The molecule has 1 aliphatic heterocycles. The van der Waals surface area contributed by atoms with E-state index in [2.05, 4.69) is 36.0 Å². The fraction of sp³-hybridized carbons (Fsp3) is 0.765. The number of nitrogens with zero attached hydrogens (tertiary/aromatic N) is 2. The van der Waals surface area contributed by atoms with E-state index in [0.29, 0.717) is 10.9 Å². The lowest BCUT2D eigenvalue weighted by Gasteiger charge is -2.19. The van der Waals surface area contributed by atoms with Crippen molar-refractivity contribution in [1.82, 2.24) is 9.88 Å². The maximum Gasteiger partial charge on any atom is 0.236 e. The highest BCUT2D eigenvalue weighted by Crippen LogP contribution is 2.26. The van der Waals surface area contributed by atoms with Crippen molar-refractivity contribution >= 4 is 34.1 Å². The Labute approximate surface area is 148 Å². The van der Waals surface area contributed by atoms with Gasteiger partial charge in [-0.3, -0.25) is 4.79 Å². The minimum atomic E-state index is 0.0292. The van der Waals surface area contributed by atoms with E-state index < -0.39 is 0 Å². The maximum atomic E-state index is 12.0. The summed E-state index contributed by atoms with van der Waals surface area (Å²) in [5.41, 5.74) is 1.06. The fourth-order valence-corrected chi connectivity index (χ4v) is 4.29. The number of hydrogen-bond donors (Lipinski definition) is 1. The van der Waals surface area contributed by atoms with Crippen LogP contribution in [0.4, 0.5) is 5.13 Å². The topological polar surface area (TPSA) is 45.2 Å². The molecule has 0 bridgehead atoms. The largest absolute Gasteiger partial charge is 0.303 e. The molecule has 1 N–H and O–H groups in total. The molecule has 130 valence electrons. The van der Waals surface area contributed by atoms with Crippen LogP contribution in [0.3, 0.4) is 0 Å². The Morgan fingerprint density at radius 3 is 2.61 bits per heavy atom. The SMILES string of the molecule is CC(C)(C)c1csc(NC(=O)CSCCN2CCCCCC2)n1. The Balaban J connectivity index is 1.64. The molecule has 0 radical (unpaired) electrons. The molecular weight excluding hydrogens is 326 g/mol. The van der Waals surface area contributed by atoms with Gasteiger partial charge in [-0.05, 0) is 25.9 Å². The Kier molecular flexibility index (Phi) is 7.37. The highest BCUT2D eigenvalue weighted by molar-refractivity contribution is 7.99. The predicted octanol–water partition coefficient (Wildman–Crippen LogP) is 3.99. The van der Waals surface area contributed by atoms with Crippen molar-refractivity contribution < 1.29 is 4.79 Å². The molecule has 0 saturated carbocycles. The Morgan fingerprint density at radius 1 is 1.30 bits per heavy atom. The highest BCUT2D eigenvalue weighted by atomic mass is 32.2. The number of aromatic nitrogens is 1. The Bertz CT molecular complexity index is 488. The van der Waals surface area contributed by atoms with E-state index in [4.69, 9.17) is 0 Å². The number of anilines is 1. The summed E-state index contributed by atoms with van der Waals surface area (Å²) in [5.74, 6) is 1.59. The molecule has 0 unspecified atom stereocenters. The van der Waals surface area contributed by atoms with Crippen LogP contribution < -0.4 is 5.32 Å². The third-order valence-corrected chi connectivity index (χ3v) is 5.70. The van der Waals surface area contributed by atoms with E-state index in [1.807, 2.05) is 5.38 Å². The molecule has 2 heterocycles. The molecule has 1 amide bonds. The van der Waals surface area contributed by atoms with E-state index in [1.165, 1.54) is 50.1 Å². The summed E-state index contributed by atoms with van der Waals surface area (Å²) in [6, 6.07) is 0. The minimum Gasteiger partial charge on any atom is -0.303 e. The van der Waals surface area contributed by atoms with Gasteiger partial charge in [-0.1, -0.05) is 33.6 Å². The molecular formula is C17H29N3OS2. The molecule has 1 aromatic heterocycles. The molecule has 6 heteroatoms. The number of carbonyl (C=O) groups is 1. The number of carbonyl (C=O) groups excluding carboxylic acids is 1. The molecule has 1 fully saturated rings. The van der Waals surface area contributed by atoms with Crippen LogP contribution in [-0.4, -0.2) is 46.9 Å². The summed E-state index contributed by atoms with van der Waals surface area (Å²) in [6.07, 6.45) is 5.39. The number of thiazole rings is 1. The van der Waals surface area contributed by atoms with Gasteiger partial charge in [0.15, 0.2) is 5.13 Å². The van der Waals surface area contributed by atoms with E-state index in [1.54, 1.807) is 11.8 Å². The van der Waals surface area contributed by atoms with Crippen LogP contribution in [0.2, 0.25) is 0 Å². The lowest BCUT2D eigenvalue weighted by Crippen LogP contribution is -2.27. The third-order valence-electron chi connectivity index (χ3n) is 4.00. The summed E-state index contributed by atoms with van der Waals surface area (Å²) in [5, 5.41) is 5.66. The quantitative estimate of drug-likeness (QED) is 0.784.